The maximum Gasteiger partial charge on any atom is 0.254 e. The van der Waals surface area contributed by atoms with Gasteiger partial charge in [-0.05, 0) is 18.6 Å². The van der Waals surface area contributed by atoms with Crippen molar-refractivity contribution in [3.63, 3.8) is 0 Å². The van der Waals surface area contributed by atoms with Crippen molar-refractivity contribution in [3.8, 4) is 5.75 Å². The number of amides is 1. The van der Waals surface area contributed by atoms with Gasteiger partial charge in [0.2, 0.25) is 0 Å². The van der Waals surface area contributed by atoms with Crippen LogP contribution >= 0.6 is 0 Å². The topological polar surface area (TPSA) is 89.7 Å². The van der Waals surface area contributed by atoms with Crippen molar-refractivity contribution in [1.29, 1.82) is 0 Å². The second-order valence-corrected chi connectivity index (χ2v) is 7.20. The molecule has 7 heteroatoms. The molecule has 0 saturated carbocycles. The summed E-state index contributed by atoms with van der Waals surface area (Å²) in [5.74, 6) is 0.406. The summed E-state index contributed by atoms with van der Waals surface area (Å²) in [6.07, 6.45) is 0.476. The largest absolute Gasteiger partial charge is 0.497 e. The van der Waals surface area contributed by atoms with Crippen LogP contribution in [0.2, 0.25) is 0 Å². The van der Waals surface area contributed by atoms with Gasteiger partial charge in [0, 0.05) is 30.4 Å². The van der Waals surface area contributed by atoms with E-state index in [0.717, 1.165) is 0 Å². The molecule has 20 heavy (non-hydrogen) atoms. The number of nitrogens with two attached hydrogens (primary N) is 1. The summed E-state index contributed by atoms with van der Waals surface area (Å²) in [5.41, 5.74) is 6.55. The normalized spacial score (nSPS) is 20.6. The molecule has 1 unspecified atom stereocenters. The Bertz CT molecular complexity index is 627. The first kappa shape index (κ1) is 14.6. The summed E-state index contributed by atoms with van der Waals surface area (Å²) in [5, 5.41) is 0. The van der Waals surface area contributed by atoms with Gasteiger partial charge in [-0.15, -0.1) is 0 Å². The molecule has 1 aliphatic rings. The third-order valence-electron chi connectivity index (χ3n) is 3.49. The first-order chi connectivity index (χ1) is 9.32. The van der Waals surface area contributed by atoms with E-state index in [2.05, 4.69) is 0 Å². The number of nitrogens with zero attached hydrogens (tertiary/aromatic N) is 1. The van der Waals surface area contributed by atoms with E-state index in [1.165, 1.54) is 12.0 Å². The smallest absolute Gasteiger partial charge is 0.254 e. The van der Waals surface area contributed by atoms with Gasteiger partial charge in [-0.2, -0.15) is 0 Å². The molecule has 0 aromatic heterocycles. The van der Waals surface area contributed by atoms with Crippen molar-refractivity contribution < 1.29 is 17.9 Å². The fraction of sp³-hybridized carbons (Fsp3) is 0.462. The van der Waals surface area contributed by atoms with Crippen LogP contribution in [0, 0.1) is 0 Å². The number of benzene rings is 1. The zero-order valence-electron chi connectivity index (χ0n) is 11.5. The minimum absolute atomic E-state index is 0.0225. The highest BCUT2D eigenvalue weighted by atomic mass is 32.2. The number of anilines is 1. The quantitative estimate of drug-likeness (QED) is 0.822. The van der Waals surface area contributed by atoms with Gasteiger partial charge in [0.15, 0.2) is 9.84 Å². The Kier molecular flexibility index (Phi) is 3.89. The van der Waals surface area contributed by atoms with Gasteiger partial charge in [-0.25, -0.2) is 8.42 Å². The van der Waals surface area contributed by atoms with Crippen molar-refractivity contribution in [2.24, 2.45) is 0 Å². The number of carbonyl (C=O) groups excluding carboxylic acids is 1. The third-order valence-corrected chi connectivity index (χ3v) is 5.24. The molecule has 2 N–H and O–H groups in total. The zero-order chi connectivity index (χ0) is 14.9. The molecule has 110 valence electrons. The summed E-state index contributed by atoms with van der Waals surface area (Å²) in [6.45, 7) is 0. The first-order valence-corrected chi connectivity index (χ1v) is 8.06. The van der Waals surface area contributed by atoms with E-state index in [1.54, 1.807) is 25.2 Å². The lowest BCUT2D eigenvalue weighted by molar-refractivity contribution is 0.0747. The number of carbonyl (C=O) groups is 1. The fourth-order valence-corrected chi connectivity index (χ4v) is 4.09. The van der Waals surface area contributed by atoms with Gasteiger partial charge in [0.1, 0.15) is 5.75 Å². The number of rotatable bonds is 3. The molecule has 0 aliphatic carbocycles. The van der Waals surface area contributed by atoms with E-state index in [0.29, 0.717) is 23.4 Å². The fourth-order valence-electron chi connectivity index (χ4n) is 2.31. The second-order valence-electron chi connectivity index (χ2n) is 4.97. The van der Waals surface area contributed by atoms with Crippen LogP contribution in [-0.4, -0.2) is 50.9 Å². The average Bonchev–Trinajstić information content (AvgIpc) is 2.76. The number of hydrogen-bond donors (Lipinski definition) is 1. The average molecular weight is 298 g/mol. The van der Waals surface area contributed by atoms with Crippen LogP contribution in [0.15, 0.2) is 18.2 Å². The van der Waals surface area contributed by atoms with Crippen molar-refractivity contribution in [1.82, 2.24) is 4.90 Å². The van der Waals surface area contributed by atoms with Crippen molar-refractivity contribution >= 4 is 21.4 Å². The van der Waals surface area contributed by atoms with Crippen LogP contribution in [0.4, 0.5) is 5.69 Å². The molecule has 6 nitrogen and oxygen atoms in total. The first-order valence-electron chi connectivity index (χ1n) is 6.24. The van der Waals surface area contributed by atoms with E-state index in [9.17, 15) is 13.2 Å². The molecule has 0 spiro atoms. The monoisotopic (exact) mass is 298 g/mol. The van der Waals surface area contributed by atoms with Crippen molar-refractivity contribution in [3.05, 3.63) is 23.8 Å². The van der Waals surface area contributed by atoms with E-state index in [1.807, 2.05) is 0 Å². The van der Waals surface area contributed by atoms with E-state index in [-0.39, 0.29) is 23.5 Å². The van der Waals surface area contributed by atoms with Crippen LogP contribution in [0.3, 0.4) is 0 Å². The predicted molar refractivity (Wildman–Crippen MR) is 76.6 cm³/mol. The van der Waals surface area contributed by atoms with Crippen LogP contribution < -0.4 is 10.5 Å². The van der Waals surface area contributed by atoms with Crippen LogP contribution in [0.5, 0.6) is 5.75 Å². The Morgan fingerprint density at radius 1 is 1.40 bits per heavy atom. The third kappa shape index (κ3) is 3.04. The van der Waals surface area contributed by atoms with Gasteiger partial charge >= 0.3 is 0 Å². The lowest BCUT2D eigenvalue weighted by atomic mass is 10.1. The van der Waals surface area contributed by atoms with Crippen LogP contribution in [0.1, 0.15) is 16.8 Å². The summed E-state index contributed by atoms with van der Waals surface area (Å²) < 4.78 is 28.0. The Labute approximate surface area is 118 Å². The SMILES string of the molecule is COc1cc(N)cc(C(=O)N(C)C2CCS(=O)(=O)C2)c1. The Balaban J connectivity index is 2.21. The maximum absolute atomic E-state index is 12.4. The summed E-state index contributed by atoms with van der Waals surface area (Å²) in [7, 11) is 0.0905. The highest BCUT2D eigenvalue weighted by Crippen LogP contribution is 2.22. The van der Waals surface area contributed by atoms with Crippen molar-refractivity contribution in [2.45, 2.75) is 12.5 Å². The molecule has 1 aromatic rings. The molecule has 1 atom stereocenters. The summed E-state index contributed by atoms with van der Waals surface area (Å²) in [4.78, 5) is 13.9. The molecule has 0 bridgehead atoms. The molecule has 1 aliphatic heterocycles. The number of methoxy groups -OCH3 is 1. The predicted octanol–water partition coefficient (Wildman–Crippen LogP) is 0.536. The lowest BCUT2D eigenvalue weighted by Gasteiger charge is -2.23. The van der Waals surface area contributed by atoms with Crippen LogP contribution in [-0.2, 0) is 9.84 Å². The van der Waals surface area contributed by atoms with Gasteiger partial charge in [-0.1, -0.05) is 0 Å². The number of sulfone groups is 1. The van der Waals surface area contributed by atoms with Crippen molar-refractivity contribution in [2.75, 3.05) is 31.4 Å². The van der Waals surface area contributed by atoms with E-state index in [4.69, 9.17) is 10.5 Å². The van der Waals surface area contributed by atoms with Gasteiger partial charge in [-0.3, -0.25) is 4.79 Å². The Hall–Kier alpha value is -1.76. The number of ether oxygens (including phenoxy) is 1. The molecular formula is C13H18N2O4S. The zero-order valence-corrected chi connectivity index (χ0v) is 12.3. The second kappa shape index (κ2) is 5.32. The molecule has 1 heterocycles. The van der Waals surface area contributed by atoms with E-state index < -0.39 is 9.84 Å². The Morgan fingerprint density at radius 3 is 2.65 bits per heavy atom. The summed E-state index contributed by atoms with van der Waals surface area (Å²) in [6, 6.07) is 4.50. The number of hydrogen-bond acceptors (Lipinski definition) is 5. The molecule has 1 saturated heterocycles. The highest BCUT2D eigenvalue weighted by molar-refractivity contribution is 7.91. The van der Waals surface area contributed by atoms with Gasteiger partial charge in [0.05, 0.1) is 18.6 Å². The molecule has 2 rings (SSSR count). The van der Waals surface area contributed by atoms with Gasteiger partial charge < -0.3 is 15.4 Å². The maximum atomic E-state index is 12.4. The van der Waals surface area contributed by atoms with E-state index >= 15 is 0 Å². The molecule has 1 amide bonds. The molecule has 1 fully saturated rings. The number of nitrogen functional groups attached to an aromatic ring is 1. The Morgan fingerprint density at radius 2 is 2.10 bits per heavy atom. The van der Waals surface area contributed by atoms with Crippen LogP contribution in [0.25, 0.3) is 0 Å². The van der Waals surface area contributed by atoms with Gasteiger partial charge in [0.25, 0.3) is 5.91 Å². The molecular weight excluding hydrogens is 280 g/mol. The minimum atomic E-state index is -3.02. The highest BCUT2D eigenvalue weighted by Gasteiger charge is 2.33. The standard InChI is InChI=1S/C13H18N2O4S/c1-15(11-3-4-20(17,18)8-11)13(16)9-5-10(14)7-12(6-9)19-2/h5-7,11H,3-4,8,14H2,1-2H3. The summed E-state index contributed by atoms with van der Waals surface area (Å²) >= 11 is 0. The minimum Gasteiger partial charge on any atom is -0.497 e. The molecule has 0 radical (unpaired) electrons. The lowest BCUT2D eigenvalue weighted by Crippen LogP contribution is -2.37. The molecule has 1 aromatic carbocycles.